The highest BCUT2D eigenvalue weighted by Gasteiger charge is 2.26. The van der Waals surface area contributed by atoms with Crippen molar-refractivity contribution in [3.63, 3.8) is 0 Å². The fourth-order valence-corrected chi connectivity index (χ4v) is 1.66. The van der Waals surface area contributed by atoms with Crippen molar-refractivity contribution in [2.24, 2.45) is 0 Å². The van der Waals surface area contributed by atoms with Crippen LogP contribution in [0.2, 0.25) is 0 Å². The molecular formula is C6H14Cl2N2. The van der Waals surface area contributed by atoms with Crippen LogP contribution in [0.1, 0.15) is 12.8 Å². The summed E-state index contributed by atoms with van der Waals surface area (Å²) >= 11 is 0. The highest BCUT2D eigenvalue weighted by Crippen LogP contribution is 2.13. The smallest absolute Gasteiger partial charge is 0.0196 e. The van der Waals surface area contributed by atoms with E-state index in [0.717, 1.165) is 12.1 Å². The number of halogens is 2. The Labute approximate surface area is 74.0 Å². The van der Waals surface area contributed by atoms with Crippen molar-refractivity contribution in [2.75, 3.05) is 13.1 Å². The van der Waals surface area contributed by atoms with E-state index >= 15 is 0 Å². The first-order valence-corrected chi connectivity index (χ1v) is 3.42. The van der Waals surface area contributed by atoms with Gasteiger partial charge in [0, 0.05) is 25.2 Å². The van der Waals surface area contributed by atoms with Crippen LogP contribution in [0.4, 0.5) is 0 Å². The summed E-state index contributed by atoms with van der Waals surface area (Å²) in [5, 5.41) is 6.91. The average molecular weight is 185 g/mol. The van der Waals surface area contributed by atoms with E-state index in [1.54, 1.807) is 0 Å². The van der Waals surface area contributed by atoms with Crippen LogP contribution in [-0.4, -0.2) is 25.2 Å². The van der Waals surface area contributed by atoms with Crippen molar-refractivity contribution in [1.29, 1.82) is 0 Å². The van der Waals surface area contributed by atoms with Crippen molar-refractivity contribution in [1.82, 2.24) is 10.6 Å². The summed E-state index contributed by atoms with van der Waals surface area (Å²) < 4.78 is 0. The van der Waals surface area contributed by atoms with Crippen molar-refractivity contribution < 1.29 is 0 Å². The van der Waals surface area contributed by atoms with Gasteiger partial charge in [-0.2, -0.15) is 0 Å². The molecule has 2 fully saturated rings. The molecule has 62 valence electrons. The van der Waals surface area contributed by atoms with E-state index in [0.29, 0.717) is 0 Å². The lowest BCUT2D eigenvalue weighted by Gasteiger charge is -2.21. The zero-order valence-corrected chi connectivity index (χ0v) is 7.43. The van der Waals surface area contributed by atoms with Gasteiger partial charge in [0.1, 0.15) is 0 Å². The first-order chi connectivity index (χ1) is 3.95. The molecule has 0 saturated carbocycles. The first kappa shape index (κ1) is 10.5. The van der Waals surface area contributed by atoms with Gasteiger partial charge in [0.2, 0.25) is 0 Å². The SMILES string of the molecule is C1C[C@H]2CNC[C@@H]1N2.Cl.Cl. The molecule has 2 atom stereocenters. The molecule has 0 aromatic carbocycles. The van der Waals surface area contributed by atoms with Gasteiger partial charge in [0.25, 0.3) is 0 Å². The molecule has 2 rings (SSSR count). The Hall–Kier alpha value is 0.500. The summed E-state index contributed by atoms with van der Waals surface area (Å²) in [5.41, 5.74) is 0. The second kappa shape index (κ2) is 4.39. The molecule has 0 aromatic rings. The standard InChI is InChI=1S/C6H12N2.2ClH/c1-2-6-4-7-3-5(1)8-6;;/h5-8H,1-4H2;2*1H/t5-,6+;;. The highest BCUT2D eigenvalue weighted by atomic mass is 35.5. The molecule has 2 bridgehead atoms. The maximum Gasteiger partial charge on any atom is 0.0196 e. The molecule has 0 spiro atoms. The van der Waals surface area contributed by atoms with Crippen LogP contribution in [0.15, 0.2) is 0 Å². The second-order valence-corrected chi connectivity index (χ2v) is 2.80. The average Bonchev–Trinajstić information content (AvgIpc) is 2.12. The molecular weight excluding hydrogens is 171 g/mol. The number of fused-ring (bicyclic) bond motifs is 2. The van der Waals surface area contributed by atoms with E-state index in [2.05, 4.69) is 10.6 Å². The molecule has 0 aliphatic carbocycles. The lowest BCUT2D eigenvalue weighted by molar-refractivity contribution is 0.423. The largest absolute Gasteiger partial charge is 0.314 e. The lowest BCUT2D eigenvalue weighted by Crippen LogP contribution is -2.48. The monoisotopic (exact) mass is 184 g/mol. The Morgan fingerprint density at radius 2 is 1.40 bits per heavy atom. The van der Waals surface area contributed by atoms with Crippen molar-refractivity contribution >= 4 is 24.8 Å². The van der Waals surface area contributed by atoms with Crippen LogP contribution >= 0.6 is 24.8 Å². The van der Waals surface area contributed by atoms with Gasteiger partial charge in [-0.25, -0.2) is 0 Å². The third kappa shape index (κ3) is 1.99. The number of nitrogens with one attached hydrogen (secondary N) is 2. The molecule has 2 nitrogen and oxygen atoms in total. The van der Waals surface area contributed by atoms with E-state index in [1.165, 1.54) is 25.9 Å². The van der Waals surface area contributed by atoms with Crippen molar-refractivity contribution in [3.05, 3.63) is 0 Å². The van der Waals surface area contributed by atoms with Crippen LogP contribution in [0.25, 0.3) is 0 Å². The summed E-state index contributed by atoms with van der Waals surface area (Å²) in [7, 11) is 0. The maximum absolute atomic E-state index is 3.53. The Balaban J connectivity index is 0.000000405. The molecule has 2 heterocycles. The molecule has 0 unspecified atom stereocenters. The molecule has 0 aromatic heterocycles. The van der Waals surface area contributed by atoms with E-state index in [-0.39, 0.29) is 24.8 Å². The van der Waals surface area contributed by atoms with Gasteiger partial charge in [0.15, 0.2) is 0 Å². The van der Waals surface area contributed by atoms with Gasteiger partial charge in [-0.15, -0.1) is 24.8 Å². The van der Waals surface area contributed by atoms with Gasteiger partial charge in [-0.05, 0) is 12.8 Å². The summed E-state index contributed by atoms with van der Waals surface area (Å²) in [6.07, 6.45) is 2.77. The molecule has 0 amide bonds. The summed E-state index contributed by atoms with van der Waals surface area (Å²) in [5.74, 6) is 0. The van der Waals surface area contributed by atoms with Gasteiger partial charge < -0.3 is 10.6 Å². The van der Waals surface area contributed by atoms with Crippen LogP contribution < -0.4 is 10.6 Å². The van der Waals surface area contributed by atoms with E-state index in [1.807, 2.05) is 0 Å². The molecule has 10 heavy (non-hydrogen) atoms. The van der Waals surface area contributed by atoms with Gasteiger partial charge in [0.05, 0.1) is 0 Å². The van der Waals surface area contributed by atoms with Crippen LogP contribution in [0, 0.1) is 0 Å². The van der Waals surface area contributed by atoms with Gasteiger partial charge in [-0.3, -0.25) is 0 Å². The Bertz CT molecular complexity index is 85.7. The molecule has 2 aliphatic rings. The predicted octanol–water partition coefficient (Wildman–Crippen LogP) is 0.554. The maximum atomic E-state index is 3.53. The van der Waals surface area contributed by atoms with Crippen LogP contribution in [-0.2, 0) is 0 Å². The molecule has 0 radical (unpaired) electrons. The van der Waals surface area contributed by atoms with Gasteiger partial charge in [-0.1, -0.05) is 0 Å². The first-order valence-electron chi connectivity index (χ1n) is 3.42. The minimum Gasteiger partial charge on any atom is -0.314 e. The van der Waals surface area contributed by atoms with Crippen LogP contribution in [0.3, 0.4) is 0 Å². The number of hydrogen-bond donors (Lipinski definition) is 2. The second-order valence-electron chi connectivity index (χ2n) is 2.80. The quantitative estimate of drug-likeness (QED) is 0.576. The normalized spacial score (nSPS) is 36.0. The topological polar surface area (TPSA) is 24.1 Å². The van der Waals surface area contributed by atoms with E-state index in [9.17, 15) is 0 Å². The Kier molecular flexibility index (Phi) is 4.61. The fraction of sp³-hybridized carbons (Fsp3) is 1.00. The van der Waals surface area contributed by atoms with Crippen LogP contribution in [0.5, 0.6) is 0 Å². The molecule has 2 N–H and O–H groups in total. The summed E-state index contributed by atoms with van der Waals surface area (Å²) in [6, 6.07) is 1.60. The minimum atomic E-state index is 0. The lowest BCUT2D eigenvalue weighted by atomic mass is 10.2. The zero-order chi connectivity index (χ0) is 5.40. The molecule has 2 saturated heterocycles. The van der Waals surface area contributed by atoms with E-state index in [4.69, 9.17) is 0 Å². The molecule has 4 heteroatoms. The number of rotatable bonds is 0. The summed E-state index contributed by atoms with van der Waals surface area (Å²) in [6.45, 7) is 2.38. The predicted molar refractivity (Wildman–Crippen MR) is 47.3 cm³/mol. The van der Waals surface area contributed by atoms with E-state index < -0.39 is 0 Å². The Morgan fingerprint density at radius 3 is 1.80 bits per heavy atom. The fourth-order valence-electron chi connectivity index (χ4n) is 1.66. The zero-order valence-electron chi connectivity index (χ0n) is 5.80. The number of piperazine rings is 1. The third-order valence-corrected chi connectivity index (χ3v) is 2.12. The van der Waals surface area contributed by atoms with Crippen molar-refractivity contribution in [2.45, 2.75) is 24.9 Å². The highest BCUT2D eigenvalue weighted by molar-refractivity contribution is 5.85. The van der Waals surface area contributed by atoms with Gasteiger partial charge >= 0.3 is 0 Å². The third-order valence-electron chi connectivity index (χ3n) is 2.12. The summed E-state index contributed by atoms with van der Waals surface area (Å²) in [4.78, 5) is 0. The minimum absolute atomic E-state index is 0. The number of hydrogen-bond acceptors (Lipinski definition) is 2. The Morgan fingerprint density at radius 1 is 0.900 bits per heavy atom. The van der Waals surface area contributed by atoms with Crippen molar-refractivity contribution in [3.8, 4) is 0 Å². The molecule has 2 aliphatic heterocycles.